The van der Waals surface area contributed by atoms with Crippen molar-refractivity contribution < 1.29 is 8.78 Å². The van der Waals surface area contributed by atoms with Crippen LogP contribution in [0.1, 0.15) is 18.4 Å². The number of H-pyrrole nitrogens is 1. The van der Waals surface area contributed by atoms with Gasteiger partial charge in [-0.3, -0.25) is 10.00 Å². The van der Waals surface area contributed by atoms with E-state index < -0.39 is 11.6 Å². The van der Waals surface area contributed by atoms with E-state index in [1.165, 1.54) is 18.2 Å². The van der Waals surface area contributed by atoms with Gasteiger partial charge in [0, 0.05) is 24.7 Å². The van der Waals surface area contributed by atoms with Gasteiger partial charge < -0.3 is 5.32 Å². The fourth-order valence-corrected chi connectivity index (χ4v) is 3.06. The van der Waals surface area contributed by atoms with E-state index in [9.17, 15) is 8.78 Å². The monoisotopic (exact) mass is 342 g/mol. The molecular formula is C16H21ClF2N4. The number of piperidine rings is 1. The smallest absolute Gasteiger partial charge is 0.135 e. The highest BCUT2D eigenvalue weighted by atomic mass is 35.5. The maximum Gasteiger partial charge on any atom is 0.135 e. The van der Waals surface area contributed by atoms with Gasteiger partial charge in [0.15, 0.2) is 0 Å². The molecule has 0 radical (unpaired) electrons. The first-order valence-electron chi connectivity index (χ1n) is 7.55. The molecule has 4 nitrogen and oxygen atoms in total. The minimum atomic E-state index is -0.572. The quantitative estimate of drug-likeness (QED) is 0.898. The molecule has 0 bridgehead atoms. The van der Waals surface area contributed by atoms with Gasteiger partial charge in [-0.25, -0.2) is 8.78 Å². The first-order valence-corrected chi connectivity index (χ1v) is 7.55. The van der Waals surface area contributed by atoms with Gasteiger partial charge in [-0.1, -0.05) is 6.07 Å². The Labute approximate surface area is 140 Å². The number of nitrogens with zero attached hydrogens (tertiary/aromatic N) is 2. The fourth-order valence-electron chi connectivity index (χ4n) is 3.06. The lowest BCUT2D eigenvalue weighted by Crippen LogP contribution is -2.43. The molecule has 7 heteroatoms. The lowest BCUT2D eigenvalue weighted by molar-refractivity contribution is 0.188. The number of likely N-dealkylation sites (tertiary alicyclic amines) is 1. The molecule has 0 aliphatic carbocycles. The third kappa shape index (κ3) is 3.88. The molecular weight excluding hydrogens is 322 g/mol. The van der Waals surface area contributed by atoms with E-state index in [2.05, 4.69) is 20.4 Å². The van der Waals surface area contributed by atoms with E-state index >= 15 is 0 Å². The zero-order valence-corrected chi connectivity index (χ0v) is 13.8. The van der Waals surface area contributed by atoms with Crippen LogP contribution in [0.4, 0.5) is 8.78 Å². The zero-order chi connectivity index (χ0) is 15.5. The summed E-state index contributed by atoms with van der Waals surface area (Å²) in [4.78, 5) is 2.29. The lowest BCUT2D eigenvalue weighted by atomic mass is 10.0. The molecule has 1 fully saturated rings. The minimum Gasteiger partial charge on any atom is -0.316 e. The molecule has 23 heavy (non-hydrogen) atoms. The number of hydrogen-bond donors (Lipinski definition) is 2. The lowest BCUT2D eigenvalue weighted by Gasteiger charge is -2.32. The van der Waals surface area contributed by atoms with Crippen LogP contribution in [-0.2, 0) is 6.54 Å². The largest absolute Gasteiger partial charge is 0.316 e. The van der Waals surface area contributed by atoms with Crippen molar-refractivity contribution in [3.05, 3.63) is 41.6 Å². The van der Waals surface area contributed by atoms with Crippen molar-refractivity contribution in [2.75, 3.05) is 20.1 Å². The second kappa shape index (κ2) is 7.86. The van der Waals surface area contributed by atoms with Crippen LogP contribution in [0, 0.1) is 11.6 Å². The van der Waals surface area contributed by atoms with Gasteiger partial charge in [-0.2, -0.15) is 5.10 Å². The summed E-state index contributed by atoms with van der Waals surface area (Å²) in [7, 11) is 1.96. The van der Waals surface area contributed by atoms with Gasteiger partial charge in [-0.15, -0.1) is 12.4 Å². The standard InChI is InChI=1S/C16H20F2N4.ClH/c1-19-12-4-3-7-22(10-12)9-11-8-20-21-16(11)15-13(17)5-2-6-14(15)18;/h2,5-6,8,12,19H,3-4,7,9-10H2,1H3,(H,20,21);1H. The molecule has 2 heterocycles. The Bertz CT molecular complexity index is 627. The number of aromatic nitrogens is 2. The molecule has 1 atom stereocenters. The third-order valence-corrected chi connectivity index (χ3v) is 4.24. The molecule has 1 aliphatic heterocycles. The molecule has 3 rings (SSSR count). The van der Waals surface area contributed by atoms with Crippen LogP contribution in [0.25, 0.3) is 11.3 Å². The number of likely N-dealkylation sites (N-methyl/N-ethyl adjacent to an activating group) is 1. The number of rotatable bonds is 4. The van der Waals surface area contributed by atoms with Crippen LogP contribution in [0.3, 0.4) is 0 Å². The van der Waals surface area contributed by atoms with Crippen molar-refractivity contribution in [2.45, 2.75) is 25.4 Å². The summed E-state index contributed by atoms with van der Waals surface area (Å²) in [6.45, 7) is 2.56. The van der Waals surface area contributed by atoms with Crippen molar-refractivity contribution >= 4 is 12.4 Å². The molecule has 126 valence electrons. The molecule has 2 N–H and O–H groups in total. The summed E-state index contributed by atoms with van der Waals surface area (Å²) >= 11 is 0. The average molecular weight is 343 g/mol. The van der Waals surface area contributed by atoms with E-state index in [0.717, 1.165) is 31.5 Å². The van der Waals surface area contributed by atoms with E-state index in [1.807, 2.05) is 7.05 Å². The maximum absolute atomic E-state index is 14.0. The second-order valence-electron chi connectivity index (χ2n) is 5.73. The average Bonchev–Trinajstić information content (AvgIpc) is 2.95. The van der Waals surface area contributed by atoms with E-state index in [-0.39, 0.29) is 18.0 Å². The fraction of sp³-hybridized carbons (Fsp3) is 0.438. The number of benzene rings is 1. The normalized spacial score (nSPS) is 18.7. The zero-order valence-electron chi connectivity index (χ0n) is 13.0. The SMILES string of the molecule is CNC1CCCN(Cc2cn[nH]c2-c2c(F)cccc2F)C1.Cl. The summed E-state index contributed by atoms with van der Waals surface area (Å²) in [5.74, 6) is -1.14. The second-order valence-corrected chi connectivity index (χ2v) is 5.73. The van der Waals surface area contributed by atoms with Crippen LogP contribution >= 0.6 is 12.4 Å². The summed E-state index contributed by atoms with van der Waals surface area (Å²) in [6.07, 6.45) is 3.93. The Morgan fingerprint density at radius 3 is 2.78 bits per heavy atom. The Kier molecular flexibility index (Phi) is 6.10. The van der Waals surface area contributed by atoms with Gasteiger partial charge in [0.2, 0.25) is 0 Å². The summed E-state index contributed by atoms with van der Waals surface area (Å²) in [5.41, 5.74) is 1.22. The molecule has 0 spiro atoms. The predicted molar refractivity (Wildman–Crippen MR) is 88.5 cm³/mol. The van der Waals surface area contributed by atoms with Gasteiger partial charge in [0.1, 0.15) is 11.6 Å². The Morgan fingerprint density at radius 1 is 1.35 bits per heavy atom. The van der Waals surface area contributed by atoms with Crippen LogP contribution in [0.5, 0.6) is 0 Å². The van der Waals surface area contributed by atoms with Crippen LogP contribution in [0.15, 0.2) is 24.4 Å². The third-order valence-electron chi connectivity index (χ3n) is 4.24. The maximum atomic E-state index is 14.0. The van der Waals surface area contributed by atoms with Crippen molar-refractivity contribution in [3.63, 3.8) is 0 Å². The Hall–Kier alpha value is -1.50. The molecule has 1 aromatic carbocycles. The summed E-state index contributed by atoms with van der Waals surface area (Å²) in [5, 5.41) is 10.0. The van der Waals surface area contributed by atoms with E-state index in [4.69, 9.17) is 0 Å². The molecule has 1 aliphatic rings. The van der Waals surface area contributed by atoms with Crippen molar-refractivity contribution in [2.24, 2.45) is 0 Å². The molecule has 2 aromatic rings. The predicted octanol–water partition coefficient (Wildman–Crippen LogP) is 2.96. The molecule has 1 saturated heterocycles. The van der Waals surface area contributed by atoms with Crippen molar-refractivity contribution in [1.82, 2.24) is 20.4 Å². The first kappa shape index (κ1) is 17.8. The van der Waals surface area contributed by atoms with E-state index in [0.29, 0.717) is 18.3 Å². The number of nitrogens with one attached hydrogen (secondary N) is 2. The van der Waals surface area contributed by atoms with Crippen molar-refractivity contribution in [1.29, 1.82) is 0 Å². The topological polar surface area (TPSA) is 44.0 Å². The number of halogens is 3. The minimum absolute atomic E-state index is 0. The van der Waals surface area contributed by atoms with E-state index in [1.54, 1.807) is 6.20 Å². The highest BCUT2D eigenvalue weighted by Crippen LogP contribution is 2.28. The summed E-state index contributed by atoms with van der Waals surface area (Å²) < 4.78 is 28.0. The van der Waals surface area contributed by atoms with Gasteiger partial charge in [0.05, 0.1) is 17.5 Å². The molecule has 1 unspecified atom stereocenters. The molecule has 0 saturated carbocycles. The first-order chi connectivity index (χ1) is 10.7. The Balaban J connectivity index is 0.00000192. The number of hydrogen-bond acceptors (Lipinski definition) is 3. The van der Waals surface area contributed by atoms with Gasteiger partial charge in [-0.05, 0) is 38.6 Å². The Morgan fingerprint density at radius 2 is 2.09 bits per heavy atom. The molecule has 0 amide bonds. The van der Waals surface area contributed by atoms with Crippen LogP contribution in [0.2, 0.25) is 0 Å². The van der Waals surface area contributed by atoms with Gasteiger partial charge >= 0.3 is 0 Å². The van der Waals surface area contributed by atoms with Crippen LogP contribution < -0.4 is 5.32 Å². The number of aromatic amines is 1. The highest BCUT2D eigenvalue weighted by molar-refractivity contribution is 5.85. The van der Waals surface area contributed by atoms with Gasteiger partial charge in [0.25, 0.3) is 0 Å². The molecule has 1 aromatic heterocycles. The summed E-state index contributed by atoms with van der Waals surface area (Å²) in [6, 6.07) is 4.36. The van der Waals surface area contributed by atoms with Crippen molar-refractivity contribution in [3.8, 4) is 11.3 Å². The van der Waals surface area contributed by atoms with Crippen LogP contribution in [-0.4, -0.2) is 41.3 Å². The highest BCUT2D eigenvalue weighted by Gasteiger charge is 2.22.